The van der Waals surface area contributed by atoms with Crippen LogP contribution < -0.4 is 9.47 Å². The summed E-state index contributed by atoms with van der Waals surface area (Å²) in [5.41, 5.74) is -1.29. The quantitative estimate of drug-likeness (QED) is 0.632. The second-order valence-corrected chi connectivity index (χ2v) is 4.48. The zero-order valence-electron chi connectivity index (χ0n) is 11.1. The summed E-state index contributed by atoms with van der Waals surface area (Å²) < 4.78 is 65.1. The van der Waals surface area contributed by atoms with Crippen LogP contribution in [0.25, 0.3) is 10.8 Å². The molecule has 0 saturated carbocycles. The van der Waals surface area contributed by atoms with Crippen LogP contribution in [0.2, 0.25) is 0 Å². The molecule has 0 heterocycles. The molecule has 4 nitrogen and oxygen atoms in total. The van der Waals surface area contributed by atoms with Crippen molar-refractivity contribution < 1.29 is 36.6 Å². The standard InChI is InChI=1S/C14H6F4O4/c1-21-13-5-3-4(7(15)9(13)17)8(16)10(18)14(22-2)6(3)12(20)11(5)19/h1-2H3. The summed E-state index contributed by atoms with van der Waals surface area (Å²) in [6, 6.07) is 0. The second kappa shape index (κ2) is 4.43. The fraction of sp³-hybridized carbons (Fsp3) is 0.143. The molecule has 22 heavy (non-hydrogen) atoms. The smallest absolute Gasteiger partial charge is 0.238 e. The fourth-order valence-electron chi connectivity index (χ4n) is 2.60. The van der Waals surface area contributed by atoms with Crippen molar-refractivity contribution in [3.05, 3.63) is 34.4 Å². The third-order valence-electron chi connectivity index (χ3n) is 3.50. The number of methoxy groups -OCH3 is 2. The van der Waals surface area contributed by atoms with Crippen LogP contribution in [-0.4, -0.2) is 25.8 Å². The average molecular weight is 314 g/mol. The van der Waals surface area contributed by atoms with Gasteiger partial charge in [0, 0.05) is 5.39 Å². The molecule has 0 bridgehead atoms. The minimum absolute atomic E-state index is 0.554. The summed E-state index contributed by atoms with van der Waals surface area (Å²) in [5.74, 6) is -11.0. The number of hydrogen-bond donors (Lipinski definition) is 0. The third kappa shape index (κ3) is 1.41. The van der Waals surface area contributed by atoms with E-state index in [0.29, 0.717) is 0 Å². The van der Waals surface area contributed by atoms with E-state index < -0.39 is 68.2 Å². The van der Waals surface area contributed by atoms with E-state index >= 15 is 0 Å². The number of benzene rings is 2. The topological polar surface area (TPSA) is 52.6 Å². The first-order valence-electron chi connectivity index (χ1n) is 5.89. The van der Waals surface area contributed by atoms with Crippen molar-refractivity contribution in [1.29, 1.82) is 0 Å². The van der Waals surface area contributed by atoms with E-state index in [1.54, 1.807) is 0 Å². The molecule has 3 rings (SSSR count). The van der Waals surface area contributed by atoms with Gasteiger partial charge in [-0.25, -0.2) is 8.78 Å². The van der Waals surface area contributed by atoms with Crippen LogP contribution in [0.5, 0.6) is 11.5 Å². The number of halogens is 4. The van der Waals surface area contributed by atoms with Gasteiger partial charge >= 0.3 is 0 Å². The Morgan fingerprint density at radius 3 is 1.32 bits per heavy atom. The van der Waals surface area contributed by atoms with Crippen LogP contribution in [0.4, 0.5) is 17.6 Å². The summed E-state index contributed by atoms with van der Waals surface area (Å²) in [6.45, 7) is 0. The normalized spacial score (nSPS) is 13.2. The Labute approximate surface area is 120 Å². The molecule has 0 atom stereocenters. The van der Waals surface area contributed by atoms with Gasteiger partial charge in [0.05, 0.1) is 30.7 Å². The molecule has 2 aromatic rings. The zero-order valence-corrected chi connectivity index (χ0v) is 11.1. The molecule has 0 aliphatic heterocycles. The lowest BCUT2D eigenvalue weighted by atomic mass is 10.0. The van der Waals surface area contributed by atoms with Crippen molar-refractivity contribution in [2.45, 2.75) is 0 Å². The molecule has 8 heteroatoms. The number of Topliss-reactive ketones (excluding diaryl/α,β-unsaturated/α-hetero) is 2. The number of ketones is 2. The highest BCUT2D eigenvalue weighted by Gasteiger charge is 2.42. The maximum atomic E-state index is 14.0. The SMILES string of the molecule is COc1c(F)c(F)c2c(F)c(F)c(OC)c3c2c1C(=O)C3=O. The average Bonchev–Trinajstić information content (AvgIpc) is 2.74. The number of carbonyl (C=O) groups excluding carboxylic acids is 2. The molecule has 0 N–H and O–H groups in total. The fourth-order valence-corrected chi connectivity index (χ4v) is 2.60. The van der Waals surface area contributed by atoms with E-state index in [4.69, 9.17) is 0 Å². The molecular formula is C14H6F4O4. The first-order chi connectivity index (χ1) is 10.4. The number of carbonyl (C=O) groups is 2. The Kier molecular flexibility index (Phi) is 2.88. The largest absolute Gasteiger partial charge is 0.493 e. The van der Waals surface area contributed by atoms with Gasteiger partial charge in [0.2, 0.25) is 23.2 Å². The predicted molar refractivity (Wildman–Crippen MR) is 65.5 cm³/mol. The van der Waals surface area contributed by atoms with Crippen molar-refractivity contribution in [1.82, 2.24) is 0 Å². The van der Waals surface area contributed by atoms with Gasteiger partial charge in [-0.05, 0) is 0 Å². The van der Waals surface area contributed by atoms with Gasteiger partial charge in [-0.1, -0.05) is 0 Å². The van der Waals surface area contributed by atoms with E-state index in [2.05, 4.69) is 9.47 Å². The maximum Gasteiger partial charge on any atom is 0.238 e. The van der Waals surface area contributed by atoms with Gasteiger partial charge in [0.25, 0.3) is 0 Å². The molecule has 0 amide bonds. The Balaban J connectivity index is 2.72. The number of hydrogen-bond acceptors (Lipinski definition) is 4. The Morgan fingerprint density at radius 1 is 0.636 bits per heavy atom. The molecule has 114 valence electrons. The van der Waals surface area contributed by atoms with Crippen LogP contribution in [0, 0.1) is 23.3 Å². The molecule has 1 aliphatic carbocycles. The molecular weight excluding hydrogens is 308 g/mol. The van der Waals surface area contributed by atoms with Gasteiger partial charge in [-0.15, -0.1) is 0 Å². The molecule has 1 aliphatic rings. The van der Waals surface area contributed by atoms with Gasteiger partial charge in [0.15, 0.2) is 23.1 Å². The maximum absolute atomic E-state index is 14.0. The minimum atomic E-state index is -1.75. The first kappa shape index (κ1) is 14.3. The Hall–Kier alpha value is -2.64. The molecule has 0 aromatic heterocycles. The van der Waals surface area contributed by atoms with Crippen molar-refractivity contribution in [2.24, 2.45) is 0 Å². The lowest BCUT2D eigenvalue weighted by molar-refractivity contribution is 0.0821. The number of ether oxygens (including phenoxy) is 2. The van der Waals surface area contributed by atoms with E-state index in [0.717, 1.165) is 14.2 Å². The lowest BCUT2D eigenvalue weighted by Gasteiger charge is -2.12. The summed E-state index contributed by atoms with van der Waals surface area (Å²) >= 11 is 0. The van der Waals surface area contributed by atoms with E-state index in [-0.39, 0.29) is 0 Å². The van der Waals surface area contributed by atoms with Gasteiger partial charge in [0.1, 0.15) is 0 Å². The molecule has 2 aromatic carbocycles. The lowest BCUT2D eigenvalue weighted by Crippen LogP contribution is -2.09. The van der Waals surface area contributed by atoms with Crippen molar-refractivity contribution in [3.8, 4) is 11.5 Å². The van der Waals surface area contributed by atoms with Crippen molar-refractivity contribution in [2.75, 3.05) is 14.2 Å². The third-order valence-corrected chi connectivity index (χ3v) is 3.50. The first-order valence-corrected chi connectivity index (χ1v) is 5.89. The van der Waals surface area contributed by atoms with Crippen LogP contribution in [-0.2, 0) is 0 Å². The van der Waals surface area contributed by atoms with Crippen molar-refractivity contribution in [3.63, 3.8) is 0 Å². The van der Waals surface area contributed by atoms with Crippen LogP contribution in [0.1, 0.15) is 20.7 Å². The molecule has 0 saturated heterocycles. The van der Waals surface area contributed by atoms with E-state index in [9.17, 15) is 27.2 Å². The van der Waals surface area contributed by atoms with E-state index in [1.807, 2.05) is 0 Å². The Morgan fingerprint density at radius 2 is 1.00 bits per heavy atom. The monoisotopic (exact) mass is 314 g/mol. The predicted octanol–water partition coefficient (Wildman–Crippen LogP) is 2.79. The minimum Gasteiger partial charge on any atom is -0.493 e. The zero-order chi connectivity index (χ0) is 16.3. The second-order valence-electron chi connectivity index (χ2n) is 4.48. The summed E-state index contributed by atoms with van der Waals surface area (Å²) in [7, 11) is 1.90. The van der Waals surface area contributed by atoms with E-state index in [1.165, 1.54) is 0 Å². The highest BCUT2D eigenvalue weighted by molar-refractivity contribution is 6.58. The van der Waals surface area contributed by atoms with Crippen LogP contribution >= 0.6 is 0 Å². The summed E-state index contributed by atoms with van der Waals surface area (Å²) in [6.07, 6.45) is 0. The number of rotatable bonds is 2. The van der Waals surface area contributed by atoms with Gasteiger partial charge < -0.3 is 9.47 Å². The molecule has 0 spiro atoms. The highest BCUT2D eigenvalue weighted by atomic mass is 19.2. The van der Waals surface area contributed by atoms with Gasteiger partial charge in [-0.3, -0.25) is 9.59 Å². The molecule has 0 fully saturated rings. The van der Waals surface area contributed by atoms with Crippen LogP contribution in [0.15, 0.2) is 0 Å². The Bertz CT molecular complexity index is 820. The highest BCUT2D eigenvalue weighted by Crippen LogP contribution is 2.46. The molecule has 0 unspecified atom stereocenters. The van der Waals surface area contributed by atoms with Gasteiger partial charge in [-0.2, -0.15) is 8.78 Å². The summed E-state index contributed by atoms with van der Waals surface area (Å²) in [5, 5.41) is -1.68. The summed E-state index contributed by atoms with van der Waals surface area (Å²) in [4.78, 5) is 24.0. The van der Waals surface area contributed by atoms with Crippen LogP contribution in [0.3, 0.4) is 0 Å². The molecule has 0 radical (unpaired) electrons. The van der Waals surface area contributed by atoms with Crippen molar-refractivity contribution >= 4 is 22.3 Å².